The zero-order valence-electron chi connectivity index (χ0n) is 8.53. The van der Waals surface area contributed by atoms with Gasteiger partial charge in [-0.2, -0.15) is 0 Å². The van der Waals surface area contributed by atoms with E-state index in [4.69, 9.17) is 0 Å². The second kappa shape index (κ2) is 4.23. The van der Waals surface area contributed by atoms with Crippen molar-refractivity contribution >= 4 is 11.6 Å². The quantitative estimate of drug-likeness (QED) is 0.600. The van der Waals surface area contributed by atoms with Crippen LogP contribution in [0.25, 0.3) is 11.6 Å². The Balaban J connectivity index is 2.71. The molecule has 0 amide bonds. The lowest BCUT2D eigenvalue weighted by Crippen LogP contribution is -2.28. The van der Waals surface area contributed by atoms with E-state index >= 15 is 0 Å². The van der Waals surface area contributed by atoms with E-state index in [9.17, 15) is 0 Å². The monoisotopic (exact) mass is 185 g/mol. The first-order valence-electron chi connectivity index (χ1n) is 5.15. The minimum atomic E-state index is 1.10. The van der Waals surface area contributed by atoms with Crippen LogP contribution in [0.5, 0.6) is 0 Å². The summed E-state index contributed by atoms with van der Waals surface area (Å²) in [6, 6.07) is 4.17. The third-order valence-corrected chi connectivity index (χ3v) is 2.61. The van der Waals surface area contributed by atoms with Crippen molar-refractivity contribution in [2.24, 2.45) is 0 Å². The minimum Gasteiger partial charge on any atom is -0.256 e. The van der Waals surface area contributed by atoms with Crippen LogP contribution in [0.3, 0.4) is 0 Å². The molecule has 1 aromatic heterocycles. The lowest BCUT2D eigenvalue weighted by Gasteiger charge is -1.98. The van der Waals surface area contributed by atoms with Crippen LogP contribution in [0, 0.1) is 0 Å². The standard InChI is InChI=1S/C13H15N/c1-11-7-4-2-3-5-9-13-12(11)8-6-10-14-13/h3,5-6,8-10H,2,4,7H2,1H3/b5-3-,12-11-,13-9+. The van der Waals surface area contributed by atoms with Crippen molar-refractivity contribution < 1.29 is 0 Å². The number of rotatable bonds is 0. The van der Waals surface area contributed by atoms with Crippen LogP contribution in [0.2, 0.25) is 0 Å². The van der Waals surface area contributed by atoms with E-state index in [1.54, 1.807) is 0 Å². The van der Waals surface area contributed by atoms with Gasteiger partial charge in [-0.15, -0.1) is 0 Å². The molecule has 14 heavy (non-hydrogen) atoms. The molecule has 1 heterocycles. The van der Waals surface area contributed by atoms with Crippen LogP contribution >= 0.6 is 0 Å². The number of allylic oxidation sites excluding steroid dienone is 2. The predicted octanol–water partition coefficient (Wildman–Crippen LogP) is 1.77. The van der Waals surface area contributed by atoms with Crippen molar-refractivity contribution in [2.45, 2.75) is 26.2 Å². The zero-order valence-corrected chi connectivity index (χ0v) is 8.53. The Morgan fingerprint density at radius 2 is 2.29 bits per heavy atom. The zero-order chi connectivity index (χ0) is 9.80. The molecule has 0 fully saturated rings. The number of hydrogen-bond donors (Lipinski definition) is 0. The second-order valence-electron chi connectivity index (χ2n) is 3.70. The normalized spacial score (nSPS) is 24.8. The molecule has 0 N–H and O–H groups in total. The fourth-order valence-corrected chi connectivity index (χ4v) is 1.79. The molecule has 72 valence electrons. The summed E-state index contributed by atoms with van der Waals surface area (Å²) in [6.07, 6.45) is 11.9. The van der Waals surface area contributed by atoms with Crippen LogP contribution in [-0.2, 0) is 0 Å². The largest absolute Gasteiger partial charge is 0.256 e. The van der Waals surface area contributed by atoms with Gasteiger partial charge >= 0.3 is 0 Å². The Labute approximate surface area is 84.5 Å². The van der Waals surface area contributed by atoms with Crippen molar-refractivity contribution in [1.29, 1.82) is 0 Å². The molecular formula is C13H15N. The number of fused-ring (bicyclic) bond motifs is 1. The molecule has 0 radical (unpaired) electrons. The Bertz CT molecular complexity index is 454. The van der Waals surface area contributed by atoms with Crippen LogP contribution in [0.4, 0.5) is 0 Å². The van der Waals surface area contributed by atoms with E-state index in [-0.39, 0.29) is 0 Å². The van der Waals surface area contributed by atoms with Crippen LogP contribution < -0.4 is 10.6 Å². The second-order valence-corrected chi connectivity index (χ2v) is 3.70. The van der Waals surface area contributed by atoms with Gasteiger partial charge in [-0.3, -0.25) is 4.98 Å². The van der Waals surface area contributed by atoms with Gasteiger partial charge in [0.2, 0.25) is 0 Å². The molecule has 1 aromatic rings. The molecule has 0 unspecified atom stereocenters. The highest BCUT2D eigenvalue weighted by atomic mass is 14.6. The van der Waals surface area contributed by atoms with Crippen molar-refractivity contribution in [3.8, 4) is 0 Å². The fourth-order valence-electron chi connectivity index (χ4n) is 1.79. The number of nitrogens with zero attached hydrogens (tertiary/aromatic N) is 1. The maximum atomic E-state index is 4.39. The molecule has 0 atom stereocenters. The molecule has 2 rings (SSSR count). The van der Waals surface area contributed by atoms with E-state index < -0.39 is 0 Å². The highest BCUT2D eigenvalue weighted by Crippen LogP contribution is 2.06. The SMILES string of the molecule is C\C1=c2/cccn/c2=C/C=C\CCC1. The Kier molecular flexibility index (Phi) is 2.78. The third-order valence-electron chi connectivity index (χ3n) is 2.61. The molecule has 1 aliphatic rings. The van der Waals surface area contributed by atoms with Gasteiger partial charge in [-0.1, -0.05) is 23.8 Å². The maximum Gasteiger partial charge on any atom is 0.0701 e. The Morgan fingerprint density at radius 1 is 1.36 bits per heavy atom. The highest BCUT2D eigenvalue weighted by Gasteiger charge is 1.95. The van der Waals surface area contributed by atoms with Gasteiger partial charge in [0.1, 0.15) is 0 Å². The molecule has 0 spiro atoms. The van der Waals surface area contributed by atoms with E-state index in [1.807, 2.05) is 12.3 Å². The minimum absolute atomic E-state index is 1.10. The van der Waals surface area contributed by atoms with Gasteiger partial charge in [0.05, 0.1) is 5.35 Å². The van der Waals surface area contributed by atoms with Gasteiger partial charge in [-0.05, 0) is 43.5 Å². The number of hydrogen-bond acceptors (Lipinski definition) is 1. The molecule has 0 aromatic carbocycles. The summed E-state index contributed by atoms with van der Waals surface area (Å²) in [4.78, 5) is 4.39. The van der Waals surface area contributed by atoms with Crippen LogP contribution in [-0.4, -0.2) is 4.98 Å². The summed E-state index contributed by atoms with van der Waals surface area (Å²) < 4.78 is 0. The van der Waals surface area contributed by atoms with E-state index in [2.05, 4.69) is 36.2 Å². The van der Waals surface area contributed by atoms with Gasteiger partial charge in [0, 0.05) is 6.20 Å². The van der Waals surface area contributed by atoms with Crippen molar-refractivity contribution in [1.82, 2.24) is 4.98 Å². The van der Waals surface area contributed by atoms with E-state index in [0.717, 1.165) is 5.35 Å². The topological polar surface area (TPSA) is 12.9 Å². The summed E-state index contributed by atoms with van der Waals surface area (Å²) in [5.41, 5.74) is 1.45. The summed E-state index contributed by atoms with van der Waals surface area (Å²) in [5, 5.41) is 2.40. The number of pyridine rings is 1. The molecule has 1 heteroatoms. The van der Waals surface area contributed by atoms with E-state index in [1.165, 1.54) is 30.1 Å². The number of aromatic nitrogens is 1. The predicted molar refractivity (Wildman–Crippen MR) is 60.0 cm³/mol. The average Bonchev–Trinajstić information content (AvgIpc) is 2.30. The van der Waals surface area contributed by atoms with Crippen LogP contribution in [0.1, 0.15) is 26.2 Å². The van der Waals surface area contributed by atoms with Gasteiger partial charge in [0.25, 0.3) is 0 Å². The molecule has 1 nitrogen and oxygen atoms in total. The summed E-state index contributed by atoms with van der Waals surface area (Å²) in [7, 11) is 0. The molecular weight excluding hydrogens is 170 g/mol. The fraction of sp³-hybridized carbons (Fsp3) is 0.308. The smallest absolute Gasteiger partial charge is 0.0701 e. The first-order chi connectivity index (χ1) is 6.88. The first-order valence-corrected chi connectivity index (χ1v) is 5.15. The summed E-state index contributed by atoms with van der Waals surface area (Å²) in [6.45, 7) is 2.21. The Morgan fingerprint density at radius 3 is 3.21 bits per heavy atom. The van der Waals surface area contributed by atoms with Crippen molar-refractivity contribution in [3.63, 3.8) is 0 Å². The molecule has 0 bridgehead atoms. The van der Waals surface area contributed by atoms with Gasteiger partial charge < -0.3 is 0 Å². The van der Waals surface area contributed by atoms with Crippen molar-refractivity contribution in [2.75, 3.05) is 0 Å². The summed E-state index contributed by atoms with van der Waals surface area (Å²) >= 11 is 0. The molecule has 1 aliphatic carbocycles. The van der Waals surface area contributed by atoms with Crippen molar-refractivity contribution in [3.05, 3.63) is 41.0 Å². The van der Waals surface area contributed by atoms with Crippen LogP contribution in [0.15, 0.2) is 30.5 Å². The highest BCUT2D eigenvalue weighted by molar-refractivity contribution is 5.45. The Hall–Kier alpha value is -1.37. The molecule has 0 saturated carbocycles. The van der Waals surface area contributed by atoms with Gasteiger partial charge in [0.15, 0.2) is 0 Å². The third kappa shape index (κ3) is 1.92. The molecule has 0 aliphatic heterocycles. The maximum absolute atomic E-state index is 4.39. The van der Waals surface area contributed by atoms with Gasteiger partial charge in [-0.25, -0.2) is 0 Å². The summed E-state index contributed by atoms with van der Waals surface area (Å²) in [5.74, 6) is 0. The molecule has 0 saturated heterocycles. The first kappa shape index (κ1) is 9.20. The van der Waals surface area contributed by atoms with E-state index in [0.29, 0.717) is 0 Å². The average molecular weight is 185 g/mol. The lowest BCUT2D eigenvalue weighted by molar-refractivity contribution is 0.873. The lowest BCUT2D eigenvalue weighted by atomic mass is 10.1.